The van der Waals surface area contributed by atoms with Gasteiger partial charge in [-0.1, -0.05) is 73.6 Å². The molecule has 0 saturated carbocycles. The Morgan fingerprint density at radius 2 is 1.64 bits per heavy atom. The summed E-state index contributed by atoms with van der Waals surface area (Å²) in [5.74, 6) is 0.765. The SMILES string of the molecule is Cc1ccc(C(=O)N[C@H](c2nnc(SCC(=O)N[C@H](C)c3ccccc3)n2C)C(C)C)cc1. The van der Waals surface area contributed by atoms with E-state index in [2.05, 4.69) is 20.8 Å². The topological polar surface area (TPSA) is 88.9 Å². The molecule has 2 atom stereocenters. The van der Waals surface area contributed by atoms with Crippen LogP contribution in [0.5, 0.6) is 0 Å². The molecule has 8 heteroatoms. The molecule has 2 aromatic carbocycles. The largest absolute Gasteiger partial charge is 0.349 e. The molecular formula is C25H31N5O2S. The molecule has 33 heavy (non-hydrogen) atoms. The molecule has 2 amide bonds. The Morgan fingerprint density at radius 3 is 2.27 bits per heavy atom. The Balaban J connectivity index is 1.63. The average molecular weight is 466 g/mol. The minimum atomic E-state index is -0.308. The number of hydrogen-bond acceptors (Lipinski definition) is 5. The van der Waals surface area contributed by atoms with Crippen LogP contribution in [0.15, 0.2) is 59.8 Å². The normalized spacial score (nSPS) is 12.9. The van der Waals surface area contributed by atoms with Crippen molar-refractivity contribution < 1.29 is 9.59 Å². The van der Waals surface area contributed by atoms with E-state index in [-0.39, 0.29) is 35.6 Å². The lowest BCUT2D eigenvalue weighted by Crippen LogP contribution is -2.33. The van der Waals surface area contributed by atoms with Crippen molar-refractivity contribution >= 4 is 23.6 Å². The zero-order chi connectivity index (χ0) is 24.0. The molecule has 2 N–H and O–H groups in total. The van der Waals surface area contributed by atoms with Crippen LogP contribution in [-0.2, 0) is 11.8 Å². The second-order valence-electron chi connectivity index (χ2n) is 8.45. The summed E-state index contributed by atoms with van der Waals surface area (Å²) in [5, 5.41) is 15.3. The molecule has 0 unspecified atom stereocenters. The van der Waals surface area contributed by atoms with Crippen LogP contribution in [0.4, 0.5) is 0 Å². The Morgan fingerprint density at radius 1 is 0.970 bits per heavy atom. The van der Waals surface area contributed by atoms with Crippen LogP contribution in [-0.4, -0.2) is 32.3 Å². The highest BCUT2D eigenvalue weighted by molar-refractivity contribution is 7.99. The zero-order valence-electron chi connectivity index (χ0n) is 19.7. The maximum atomic E-state index is 12.8. The summed E-state index contributed by atoms with van der Waals surface area (Å²) in [6.45, 7) is 8.00. The summed E-state index contributed by atoms with van der Waals surface area (Å²) in [6, 6.07) is 16.9. The van der Waals surface area contributed by atoms with Gasteiger partial charge in [0.05, 0.1) is 17.8 Å². The number of aromatic nitrogens is 3. The number of nitrogens with one attached hydrogen (secondary N) is 2. The third-order valence-corrected chi connectivity index (χ3v) is 6.44. The Bertz CT molecular complexity index is 1080. The van der Waals surface area contributed by atoms with Gasteiger partial charge < -0.3 is 15.2 Å². The van der Waals surface area contributed by atoms with E-state index in [0.717, 1.165) is 11.1 Å². The number of carbonyl (C=O) groups excluding carboxylic acids is 2. The van der Waals surface area contributed by atoms with Crippen molar-refractivity contribution in [3.05, 3.63) is 77.1 Å². The number of carbonyl (C=O) groups is 2. The first-order valence-electron chi connectivity index (χ1n) is 11.0. The molecule has 0 bridgehead atoms. The van der Waals surface area contributed by atoms with Crippen molar-refractivity contribution in [2.45, 2.75) is 44.9 Å². The van der Waals surface area contributed by atoms with Gasteiger partial charge in [-0.15, -0.1) is 10.2 Å². The van der Waals surface area contributed by atoms with Crippen LogP contribution in [0.3, 0.4) is 0 Å². The van der Waals surface area contributed by atoms with Crippen molar-refractivity contribution in [2.24, 2.45) is 13.0 Å². The number of hydrogen-bond donors (Lipinski definition) is 2. The maximum absolute atomic E-state index is 12.8. The number of aryl methyl sites for hydroxylation is 1. The molecule has 0 radical (unpaired) electrons. The van der Waals surface area contributed by atoms with E-state index < -0.39 is 0 Å². The van der Waals surface area contributed by atoms with Gasteiger partial charge in [0.15, 0.2) is 11.0 Å². The van der Waals surface area contributed by atoms with Crippen LogP contribution in [0.1, 0.15) is 60.2 Å². The minimum absolute atomic E-state index is 0.0725. The highest BCUT2D eigenvalue weighted by Crippen LogP contribution is 2.24. The van der Waals surface area contributed by atoms with Crippen molar-refractivity contribution in [1.29, 1.82) is 0 Å². The summed E-state index contributed by atoms with van der Waals surface area (Å²) in [5.41, 5.74) is 2.76. The molecule has 0 aliphatic carbocycles. The lowest BCUT2D eigenvalue weighted by molar-refractivity contribution is -0.119. The van der Waals surface area contributed by atoms with Crippen molar-refractivity contribution in [3.63, 3.8) is 0 Å². The Kier molecular flexibility index (Phi) is 8.27. The van der Waals surface area contributed by atoms with E-state index in [0.29, 0.717) is 16.5 Å². The first kappa shape index (κ1) is 24.5. The van der Waals surface area contributed by atoms with Gasteiger partial charge in [0.2, 0.25) is 5.91 Å². The van der Waals surface area contributed by atoms with Gasteiger partial charge in [-0.3, -0.25) is 9.59 Å². The monoisotopic (exact) mass is 465 g/mol. The third-order valence-electron chi connectivity index (χ3n) is 5.42. The van der Waals surface area contributed by atoms with E-state index >= 15 is 0 Å². The molecule has 0 spiro atoms. The highest BCUT2D eigenvalue weighted by Gasteiger charge is 2.25. The Labute approximate surface area is 199 Å². The predicted molar refractivity (Wildman–Crippen MR) is 131 cm³/mol. The van der Waals surface area contributed by atoms with E-state index in [4.69, 9.17) is 0 Å². The molecule has 0 aliphatic heterocycles. The molecule has 0 aliphatic rings. The smallest absolute Gasteiger partial charge is 0.251 e. The number of amides is 2. The van der Waals surface area contributed by atoms with E-state index in [9.17, 15) is 9.59 Å². The molecule has 1 aromatic heterocycles. The van der Waals surface area contributed by atoms with Crippen LogP contribution >= 0.6 is 11.8 Å². The first-order chi connectivity index (χ1) is 15.8. The molecule has 3 rings (SSSR count). The summed E-state index contributed by atoms with van der Waals surface area (Å²) in [4.78, 5) is 25.2. The number of rotatable bonds is 9. The quantitative estimate of drug-likeness (QED) is 0.462. The van der Waals surface area contributed by atoms with Gasteiger partial charge in [-0.2, -0.15) is 0 Å². The molecular weight excluding hydrogens is 434 g/mol. The standard InChI is InChI=1S/C25H31N5O2S/c1-16(2)22(27-24(32)20-13-11-17(3)12-14-20)23-28-29-25(30(23)5)33-15-21(31)26-18(4)19-9-7-6-8-10-19/h6-14,16,18,22H,15H2,1-5H3,(H,26,31)(H,27,32)/t18-,22+/m1/s1. The van der Waals surface area contributed by atoms with E-state index in [1.54, 1.807) is 0 Å². The highest BCUT2D eigenvalue weighted by atomic mass is 32.2. The molecule has 1 heterocycles. The van der Waals surface area contributed by atoms with Crippen LogP contribution in [0, 0.1) is 12.8 Å². The van der Waals surface area contributed by atoms with Crippen LogP contribution < -0.4 is 10.6 Å². The van der Waals surface area contributed by atoms with Gasteiger partial charge in [0, 0.05) is 12.6 Å². The van der Waals surface area contributed by atoms with Crippen LogP contribution in [0.25, 0.3) is 0 Å². The number of benzene rings is 2. The lowest BCUT2D eigenvalue weighted by atomic mass is 10.0. The summed E-state index contributed by atoms with van der Waals surface area (Å²) in [6.07, 6.45) is 0. The second-order valence-corrected chi connectivity index (χ2v) is 9.39. The van der Waals surface area contributed by atoms with Crippen molar-refractivity contribution in [2.75, 3.05) is 5.75 Å². The lowest BCUT2D eigenvalue weighted by Gasteiger charge is -2.21. The fourth-order valence-corrected chi connectivity index (χ4v) is 4.15. The molecule has 0 saturated heterocycles. The van der Waals surface area contributed by atoms with Crippen LogP contribution in [0.2, 0.25) is 0 Å². The van der Waals surface area contributed by atoms with Gasteiger partial charge in [0.25, 0.3) is 5.91 Å². The molecule has 0 fully saturated rings. The predicted octanol–water partition coefficient (Wildman–Crippen LogP) is 4.22. The molecule has 7 nitrogen and oxygen atoms in total. The fourth-order valence-electron chi connectivity index (χ4n) is 3.42. The van der Waals surface area contributed by atoms with Crippen molar-refractivity contribution in [3.8, 4) is 0 Å². The van der Waals surface area contributed by atoms with Gasteiger partial charge >= 0.3 is 0 Å². The van der Waals surface area contributed by atoms with Gasteiger partial charge in [-0.25, -0.2) is 0 Å². The number of thioether (sulfide) groups is 1. The first-order valence-corrected chi connectivity index (χ1v) is 12.0. The molecule has 174 valence electrons. The second kappa shape index (κ2) is 11.1. The van der Waals surface area contributed by atoms with Gasteiger partial charge in [-0.05, 0) is 37.5 Å². The summed E-state index contributed by atoms with van der Waals surface area (Å²) in [7, 11) is 1.86. The summed E-state index contributed by atoms with van der Waals surface area (Å²) >= 11 is 1.32. The fraction of sp³-hybridized carbons (Fsp3) is 0.360. The van der Waals surface area contributed by atoms with E-state index in [1.807, 2.05) is 93.9 Å². The number of nitrogens with zero attached hydrogens (tertiary/aromatic N) is 3. The summed E-state index contributed by atoms with van der Waals surface area (Å²) < 4.78 is 1.85. The molecule has 3 aromatic rings. The minimum Gasteiger partial charge on any atom is -0.349 e. The van der Waals surface area contributed by atoms with E-state index in [1.165, 1.54) is 11.8 Å². The van der Waals surface area contributed by atoms with Gasteiger partial charge in [0.1, 0.15) is 0 Å². The third kappa shape index (κ3) is 6.44. The van der Waals surface area contributed by atoms with Crippen molar-refractivity contribution in [1.82, 2.24) is 25.4 Å². The average Bonchev–Trinajstić information content (AvgIpc) is 3.16. The Hall–Kier alpha value is -3.13. The maximum Gasteiger partial charge on any atom is 0.251 e. The zero-order valence-corrected chi connectivity index (χ0v) is 20.5.